The number of rotatable bonds is 4. The van der Waals surface area contributed by atoms with Crippen LogP contribution >= 0.6 is 11.6 Å². The number of carbonyl (C=O) groups is 1. The van der Waals surface area contributed by atoms with Crippen LogP contribution in [0.5, 0.6) is 0 Å². The Balaban J connectivity index is 1.54. The Morgan fingerprint density at radius 3 is 2.81 bits per heavy atom. The molecule has 26 heavy (non-hydrogen) atoms. The number of aromatic nitrogens is 2. The van der Waals surface area contributed by atoms with Crippen molar-refractivity contribution in [2.75, 3.05) is 5.32 Å². The number of carbonyl (C=O) groups excluding carboxylic acids is 1. The molecular weight excluding hydrogens is 357 g/mol. The van der Waals surface area contributed by atoms with Crippen LogP contribution in [-0.2, 0) is 0 Å². The summed E-state index contributed by atoms with van der Waals surface area (Å²) < 4.78 is 19.2. The van der Waals surface area contributed by atoms with Gasteiger partial charge in [0.15, 0.2) is 0 Å². The monoisotopic (exact) mass is 371 g/mol. The molecule has 1 N–H and O–H groups in total. The smallest absolute Gasteiger partial charge is 0.255 e. The van der Waals surface area contributed by atoms with Crippen molar-refractivity contribution in [3.8, 4) is 11.4 Å². The van der Waals surface area contributed by atoms with Gasteiger partial charge in [0.25, 0.3) is 5.91 Å². The van der Waals surface area contributed by atoms with E-state index in [1.165, 1.54) is 18.6 Å². The molecule has 4 rings (SSSR count). The summed E-state index contributed by atoms with van der Waals surface area (Å²) in [4.78, 5) is 16.9. The third-order valence-corrected chi connectivity index (χ3v) is 4.69. The standard InChI is InChI=1S/C19H15ClFN3O2/c20-14-7-8-16(15(21)10-14)22-18(25)13-6-2-5-12(9-13)17-23-19(26-24-17)11-3-1-4-11/h2,5-11H,1,3-4H2,(H,22,25). The lowest BCUT2D eigenvalue weighted by Gasteiger charge is -2.20. The van der Waals surface area contributed by atoms with E-state index in [9.17, 15) is 9.18 Å². The van der Waals surface area contributed by atoms with Gasteiger partial charge in [-0.3, -0.25) is 4.79 Å². The predicted molar refractivity (Wildman–Crippen MR) is 95.7 cm³/mol. The molecule has 2 aromatic carbocycles. The summed E-state index contributed by atoms with van der Waals surface area (Å²) in [5, 5.41) is 6.81. The van der Waals surface area contributed by atoms with Gasteiger partial charge < -0.3 is 9.84 Å². The Labute approximate surface area is 154 Å². The van der Waals surface area contributed by atoms with Crippen LogP contribution in [0.15, 0.2) is 47.0 Å². The number of nitrogens with zero attached hydrogens (tertiary/aromatic N) is 2. The molecule has 3 aromatic rings. The fraction of sp³-hybridized carbons (Fsp3) is 0.211. The molecule has 1 fully saturated rings. The van der Waals surface area contributed by atoms with Gasteiger partial charge in [-0.25, -0.2) is 4.39 Å². The molecule has 1 aliphatic rings. The Morgan fingerprint density at radius 2 is 2.08 bits per heavy atom. The van der Waals surface area contributed by atoms with Crippen LogP contribution in [0, 0.1) is 5.82 Å². The molecule has 5 nitrogen and oxygen atoms in total. The molecule has 1 heterocycles. The highest BCUT2D eigenvalue weighted by atomic mass is 35.5. The first-order valence-corrected chi connectivity index (χ1v) is 8.68. The Morgan fingerprint density at radius 1 is 1.23 bits per heavy atom. The fourth-order valence-electron chi connectivity index (χ4n) is 2.76. The van der Waals surface area contributed by atoms with Crippen molar-refractivity contribution in [3.05, 3.63) is 64.8 Å². The average Bonchev–Trinajstić information content (AvgIpc) is 3.05. The number of amides is 1. The minimum atomic E-state index is -0.592. The highest BCUT2D eigenvalue weighted by Gasteiger charge is 2.25. The summed E-state index contributed by atoms with van der Waals surface area (Å²) in [6, 6.07) is 10.9. The van der Waals surface area contributed by atoms with E-state index in [-0.39, 0.29) is 10.7 Å². The molecule has 0 aliphatic heterocycles. The van der Waals surface area contributed by atoms with E-state index in [1.807, 2.05) is 0 Å². The van der Waals surface area contributed by atoms with E-state index in [2.05, 4.69) is 15.5 Å². The highest BCUT2D eigenvalue weighted by Crippen LogP contribution is 2.36. The number of hydrogen-bond acceptors (Lipinski definition) is 4. The Hall–Kier alpha value is -2.73. The maximum absolute atomic E-state index is 13.9. The lowest BCUT2D eigenvalue weighted by molar-refractivity contribution is 0.102. The van der Waals surface area contributed by atoms with Gasteiger partial charge in [0.1, 0.15) is 5.82 Å². The van der Waals surface area contributed by atoms with Crippen molar-refractivity contribution >= 4 is 23.2 Å². The van der Waals surface area contributed by atoms with Crippen molar-refractivity contribution in [1.82, 2.24) is 10.1 Å². The zero-order valence-corrected chi connectivity index (χ0v) is 14.5. The number of anilines is 1. The summed E-state index contributed by atoms with van der Waals surface area (Å²) in [6.45, 7) is 0. The van der Waals surface area contributed by atoms with Gasteiger partial charge in [0.05, 0.1) is 5.69 Å². The first-order valence-electron chi connectivity index (χ1n) is 8.30. The maximum Gasteiger partial charge on any atom is 0.255 e. The van der Waals surface area contributed by atoms with E-state index < -0.39 is 11.7 Å². The van der Waals surface area contributed by atoms with E-state index in [0.717, 1.165) is 18.9 Å². The molecule has 0 unspecified atom stereocenters. The van der Waals surface area contributed by atoms with Crippen LogP contribution in [0.1, 0.15) is 41.4 Å². The second kappa shape index (κ2) is 6.88. The van der Waals surface area contributed by atoms with E-state index >= 15 is 0 Å². The molecule has 1 aliphatic carbocycles. The molecule has 1 amide bonds. The van der Waals surface area contributed by atoms with E-state index in [0.29, 0.717) is 28.8 Å². The van der Waals surface area contributed by atoms with E-state index in [1.54, 1.807) is 24.3 Å². The number of benzene rings is 2. The van der Waals surface area contributed by atoms with Gasteiger partial charge in [0.2, 0.25) is 11.7 Å². The molecule has 1 aromatic heterocycles. The van der Waals surface area contributed by atoms with Gasteiger partial charge in [-0.1, -0.05) is 35.3 Å². The van der Waals surface area contributed by atoms with Gasteiger partial charge in [0, 0.05) is 22.1 Å². The van der Waals surface area contributed by atoms with Crippen LogP contribution in [0.2, 0.25) is 5.02 Å². The van der Waals surface area contributed by atoms with Crippen molar-refractivity contribution in [3.63, 3.8) is 0 Å². The lowest BCUT2D eigenvalue weighted by Crippen LogP contribution is -2.13. The minimum absolute atomic E-state index is 0.0663. The van der Waals surface area contributed by atoms with Crippen LogP contribution in [-0.4, -0.2) is 16.0 Å². The van der Waals surface area contributed by atoms with E-state index in [4.69, 9.17) is 16.1 Å². The highest BCUT2D eigenvalue weighted by molar-refractivity contribution is 6.30. The second-order valence-corrected chi connectivity index (χ2v) is 6.68. The molecule has 0 atom stereocenters. The van der Waals surface area contributed by atoms with Crippen molar-refractivity contribution in [1.29, 1.82) is 0 Å². The van der Waals surface area contributed by atoms with Gasteiger partial charge >= 0.3 is 0 Å². The Kier molecular flexibility index (Phi) is 4.42. The molecule has 1 saturated carbocycles. The number of halogens is 2. The summed E-state index contributed by atoms with van der Waals surface area (Å²) in [5.74, 6) is 0.403. The van der Waals surface area contributed by atoms with Crippen LogP contribution in [0.3, 0.4) is 0 Å². The first kappa shape index (κ1) is 16.7. The van der Waals surface area contributed by atoms with Crippen molar-refractivity contribution < 1.29 is 13.7 Å². The average molecular weight is 372 g/mol. The molecule has 0 radical (unpaired) electrons. The largest absolute Gasteiger partial charge is 0.339 e. The summed E-state index contributed by atoms with van der Waals surface area (Å²) >= 11 is 5.72. The van der Waals surface area contributed by atoms with Crippen molar-refractivity contribution in [2.24, 2.45) is 0 Å². The lowest BCUT2D eigenvalue weighted by atomic mass is 9.85. The number of hydrogen-bond donors (Lipinski definition) is 1. The zero-order valence-electron chi connectivity index (χ0n) is 13.7. The van der Waals surface area contributed by atoms with Crippen LogP contribution < -0.4 is 5.32 Å². The van der Waals surface area contributed by atoms with Crippen LogP contribution in [0.25, 0.3) is 11.4 Å². The summed E-state index contributed by atoms with van der Waals surface area (Å²) in [5.41, 5.74) is 1.10. The quantitative estimate of drug-likeness (QED) is 0.696. The van der Waals surface area contributed by atoms with Gasteiger partial charge in [-0.2, -0.15) is 4.98 Å². The molecule has 0 saturated heterocycles. The predicted octanol–water partition coefficient (Wildman–Crippen LogP) is 5.05. The minimum Gasteiger partial charge on any atom is -0.339 e. The zero-order chi connectivity index (χ0) is 18.1. The van der Waals surface area contributed by atoms with Gasteiger partial charge in [-0.05, 0) is 43.2 Å². The van der Waals surface area contributed by atoms with Gasteiger partial charge in [-0.15, -0.1) is 0 Å². The molecule has 132 valence electrons. The first-order chi connectivity index (χ1) is 12.6. The van der Waals surface area contributed by atoms with Crippen molar-refractivity contribution in [2.45, 2.75) is 25.2 Å². The molecule has 7 heteroatoms. The number of nitrogens with one attached hydrogen (secondary N) is 1. The third kappa shape index (κ3) is 3.32. The maximum atomic E-state index is 13.9. The molecule has 0 spiro atoms. The molecule has 0 bridgehead atoms. The molecular formula is C19H15ClFN3O2. The van der Waals surface area contributed by atoms with Crippen LogP contribution in [0.4, 0.5) is 10.1 Å². The fourth-order valence-corrected chi connectivity index (χ4v) is 2.92. The third-order valence-electron chi connectivity index (χ3n) is 4.46. The topological polar surface area (TPSA) is 68.0 Å². The normalized spacial score (nSPS) is 14.1. The summed E-state index contributed by atoms with van der Waals surface area (Å²) in [6.07, 6.45) is 3.31. The second-order valence-electron chi connectivity index (χ2n) is 6.24. The summed E-state index contributed by atoms with van der Waals surface area (Å²) in [7, 11) is 0. The SMILES string of the molecule is O=C(Nc1ccc(Cl)cc1F)c1cccc(-c2noc(C3CCC3)n2)c1. The Bertz CT molecular complexity index is 969.